The second kappa shape index (κ2) is 10.4. The van der Waals surface area contributed by atoms with E-state index in [-0.39, 0.29) is 30.0 Å². The number of rotatable bonds is 6. The molecule has 0 aliphatic carbocycles. The summed E-state index contributed by atoms with van der Waals surface area (Å²) in [5.74, 6) is 2.59. The average Bonchev–Trinajstić information content (AvgIpc) is 3.12. The molecule has 0 amide bonds. The molecule has 1 aromatic rings. The van der Waals surface area contributed by atoms with E-state index in [1.165, 1.54) is 18.4 Å². The van der Waals surface area contributed by atoms with Crippen LogP contribution in [0.15, 0.2) is 17.4 Å². The van der Waals surface area contributed by atoms with E-state index in [4.69, 9.17) is 0 Å². The fourth-order valence-corrected chi connectivity index (χ4v) is 3.62. The van der Waals surface area contributed by atoms with Gasteiger partial charge < -0.3 is 15.1 Å². The van der Waals surface area contributed by atoms with Crippen molar-refractivity contribution in [1.82, 2.24) is 24.9 Å². The van der Waals surface area contributed by atoms with Gasteiger partial charge in [0.2, 0.25) is 0 Å². The lowest BCUT2D eigenvalue weighted by Crippen LogP contribution is -2.43. The first kappa shape index (κ1) is 22.2. The van der Waals surface area contributed by atoms with Crippen LogP contribution in [0.5, 0.6) is 0 Å². The van der Waals surface area contributed by atoms with Crippen LogP contribution in [-0.2, 0) is 7.05 Å². The zero-order valence-electron chi connectivity index (χ0n) is 16.6. The third-order valence-electron chi connectivity index (χ3n) is 4.79. The zero-order chi connectivity index (χ0) is 17.7. The third-order valence-corrected chi connectivity index (χ3v) is 4.79. The van der Waals surface area contributed by atoms with E-state index in [0.29, 0.717) is 0 Å². The molecule has 6 nitrogen and oxygen atoms in total. The van der Waals surface area contributed by atoms with E-state index in [0.717, 1.165) is 37.4 Å². The largest absolute Gasteiger partial charge is 0.354 e. The quantitative estimate of drug-likeness (QED) is 0.401. The Bertz CT molecular complexity index is 539. The Hall–Kier alpha value is -0.830. The lowest BCUT2D eigenvalue weighted by molar-refractivity contribution is 0.295. The van der Waals surface area contributed by atoms with E-state index in [9.17, 15) is 0 Å². The van der Waals surface area contributed by atoms with Gasteiger partial charge in [0.1, 0.15) is 0 Å². The van der Waals surface area contributed by atoms with Crippen molar-refractivity contribution in [1.29, 1.82) is 0 Å². The highest BCUT2D eigenvalue weighted by atomic mass is 127. The first-order valence-corrected chi connectivity index (χ1v) is 9.01. The Morgan fingerprint density at radius 1 is 1.44 bits per heavy atom. The van der Waals surface area contributed by atoms with Crippen LogP contribution in [-0.4, -0.2) is 66.3 Å². The number of aryl methyl sites for hydroxylation is 1. The summed E-state index contributed by atoms with van der Waals surface area (Å²) in [6.07, 6.45) is 6.62. The van der Waals surface area contributed by atoms with Gasteiger partial charge in [-0.1, -0.05) is 13.8 Å². The van der Waals surface area contributed by atoms with Crippen LogP contribution in [0.2, 0.25) is 0 Å². The van der Waals surface area contributed by atoms with Gasteiger partial charge in [-0.05, 0) is 38.8 Å². The fourth-order valence-electron chi connectivity index (χ4n) is 3.62. The molecule has 25 heavy (non-hydrogen) atoms. The molecular weight excluding hydrogens is 427 g/mol. The van der Waals surface area contributed by atoms with Gasteiger partial charge in [-0.15, -0.1) is 24.0 Å². The molecule has 1 aliphatic heterocycles. The van der Waals surface area contributed by atoms with Gasteiger partial charge in [-0.2, -0.15) is 5.10 Å². The molecule has 1 N–H and O–H groups in total. The van der Waals surface area contributed by atoms with Crippen molar-refractivity contribution in [2.45, 2.75) is 32.7 Å². The Labute approximate surface area is 170 Å². The number of likely N-dealkylation sites (N-methyl/N-ethyl adjacent to an activating group) is 1. The minimum Gasteiger partial charge on any atom is -0.354 e. The van der Waals surface area contributed by atoms with Crippen LogP contribution in [0.3, 0.4) is 0 Å². The fraction of sp³-hybridized carbons (Fsp3) is 0.778. The molecule has 0 spiro atoms. The SMILES string of the molecule is CN=C(NCC(c1cnn(C)c1)N(C)C)N1CCC(CC(C)C)C1.I. The first-order chi connectivity index (χ1) is 11.4. The highest BCUT2D eigenvalue weighted by molar-refractivity contribution is 14.0. The third kappa shape index (κ3) is 6.44. The molecule has 2 rings (SSSR count). The molecule has 1 fully saturated rings. The minimum absolute atomic E-state index is 0. The summed E-state index contributed by atoms with van der Waals surface area (Å²) in [6.45, 7) is 7.68. The van der Waals surface area contributed by atoms with Crippen LogP contribution < -0.4 is 5.32 Å². The van der Waals surface area contributed by atoms with Gasteiger partial charge in [0, 0.05) is 45.5 Å². The zero-order valence-corrected chi connectivity index (χ0v) is 18.9. The normalized spacial score (nSPS) is 19.4. The monoisotopic (exact) mass is 462 g/mol. The molecule has 0 aromatic carbocycles. The molecule has 1 aliphatic rings. The molecule has 1 aromatic heterocycles. The van der Waals surface area contributed by atoms with Crippen LogP contribution in [0.1, 0.15) is 38.3 Å². The lowest BCUT2D eigenvalue weighted by Gasteiger charge is -2.27. The summed E-state index contributed by atoms with van der Waals surface area (Å²) >= 11 is 0. The van der Waals surface area contributed by atoms with E-state index in [1.807, 2.05) is 25.0 Å². The number of halogens is 1. The Morgan fingerprint density at radius 2 is 2.16 bits per heavy atom. The molecule has 1 saturated heterocycles. The van der Waals surface area contributed by atoms with Crippen molar-refractivity contribution in [3.05, 3.63) is 18.0 Å². The number of nitrogens with one attached hydrogen (secondary N) is 1. The number of aromatic nitrogens is 2. The van der Waals surface area contributed by atoms with Crippen LogP contribution in [0.25, 0.3) is 0 Å². The predicted molar refractivity (Wildman–Crippen MR) is 116 cm³/mol. The molecule has 144 valence electrons. The second-order valence-corrected chi connectivity index (χ2v) is 7.59. The van der Waals surface area contributed by atoms with Gasteiger partial charge in [0.05, 0.1) is 12.2 Å². The number of hydrogen-bond donors (Lipinski definition) is 1. The van der Waals surface area contributed by atoms with Crippen molar-refractivity contribution in [2.75, 3.05) is 40.8 Å². The van der Waals surface area contributed by atoms with E-state index >= 15 is 0 Å². The van der Waals surface area contributed by atoms with Gasteiger partial charge >= 0.3 is 0 Å². The van der Waals surface area contributed by atoms with Crippen molar-refractivity contribution in [3.8, 4) is 0 Å². The number of guanidine groups is 1. The van der Waals surface area contributed by atoms with Gasteiger partial charge in [-0.3, -0.25) is 9.67 Å². The maximum Gasteiger partial charge on any atom is 0.193 e. The summed E-state index contributed by atoms with van der Waals surface area (Å²) in [4.78, 5) is 9.14. The standard InChI is InChI=1S/C18H34N6.HI/c1-14(2)9-15-7-8-24(12-15)18(19-3)20-11-17(22(4)5)16-10-21-23(6)13-16;/h10,13-15,17H,7-9,11-12H2,1-6H3,(H,19,20);1H. The molecule has 2 atom stereocenters. The van der Waals surface area contributed by atoms with Gasteiger partial charge in [0.15, 0.2) is 5.96 Å². The Balaban J connectivity index is 0.00000312. The van der Waals surface area contributed by atoms with Gasteiger partial charge in [-0.25, -0.2) is 0 Å². The smallest absolute Gasteiger partial charge is 0.193 e. The van der Waals surface area contributed by atoms with Crippen molar-refractivity contribution in [2.24, 2.45) is 23.9 Å². The summed E-state index contributed by atoms with van der Waals surface area (Å²) in [5.41, 5.74) is 1.23. The molecule has 0 radical (unpaired) electrons. The molecule has 7 heteroatoms. The van der Waals surface area contributed by atoms with E-state index < -0.39 is 0 Å². The van der Waals surface area contributed by atoms with E-state index in [1.54, 1.807) is 0 Å². The molecule has 2 unspecified atom stereocenters. The summed E-state index contributed by atoms with van der Waals surface area (Å²) in [6, 6.07) is 0.282. The van der Waals surface area contributed by atoms with E-state index in [2.05, 4.69) is 59.3 Å². The van der Waals surface area contributed by atoms with Crippen LogP contribution in [0.4, 0.5) is 0 Å². The molecular formula is C18H35IN6. The van der Waals surface area contributed by atoms with Crippen LogP contribution in [0, 0.1) is 11.8 Å². The summed E-state index contributed by atoms with van der Waals surface area (Å²) < 4.78 is 1.86. The highest BCUT2D eigenvalue weighted by Gasteiger charge is 2.26. The second-order valence-electron chi connectivity index (χ2n) is 7.59. The number of nitrogens with zero attached hydrogens (tertiary/aromatic N) is 5. The number of hydrogen-bond acceptors (Lipinski definition) is 3. The highest BCUT2D eigenvalue weighted by Crippen LogP contribution is 2.23. The molecule has 0 bridgehead atoms. The summed E-state index contributed by atoms with van der Waals surface area (Å²) in [5, 5.41) is 7.88. The predicted octanol–water partition coefficient (Wildman–Crippen LogP) is 2.58. The summed E-state index contributed by atoms with van der Waals surface area (Å²) in [7, 11) is 8.06. The maximum absolute atomic E-state index is 4.51. The van der Waals surface area contributed by atoms with Crippen molar-refractivity contribution < 1.29 is 0 Å². The number of likely N-dealkylation sites (tertiary alicyclic amines) is 1. The average molecular weight is 462 g/mol. The minimum atomic E-state index is 0. The Morgan fingerprint density at radius 3 is 2.68 bits per heavy atom. The van der Waals surface area contributed by atoms with Crippen molar-refractivity contribution in [3.63, 3.8) is 0 Å². The topological polar surface area (TPSA) is 48.7 Å². The maximum atomic E-state index is 4.51. The lowest BCUT2D eigenvalue weighted by atomic mass is 9.97. The van der Waals surface area contributed by atoms with Crippen LogP contribution >= 0.6 is 24.0 Å². The molecule has 0 saturated carbocycles. The molecule has 2 heterocycles. The van der Waals surface area contributed by atoms with Crippen molar-refractivity contribution >= 4 is 29.9 Å². The van der Waals surface area contributed by atoms with Gasteiger partial charge in [0.25, 0.3) is 0 Å². The Kier molecular flexibility index (Phi) is 9.20. The first-order valence-electron chi connectivity index (χ1n) is 9.01. The number of aliphatic imine (C=N–C) groups is 1.